The molecule has 2 aromatic rings. The molecular weight excluding hydrogens is 456 g/mol. The van der Waals surface area contributed by atoms with Crippen molar-refractivity contribution in [3.63, 3.8) is 0 Å². The van der Waals surface area contributed by atoms with Crippen molar-refractivity contribution in [2.75, 3.05) is 0 Å². The van der Waals surface area contributed by atoms with Gasteiger partial charge in [0.2, 0.25) is 0 Å². The summed E-state index contributed by atoms with van der Waals surface area (Å²) in [5.41, 5.74) is 8.53. The Bertz CT molecular complexity index is 1040. The summed E-state index contributed by atoms with van der Waals surface area (Å²) >= 11 is -1.77. The zero-order chi connectivity index (χ0) is 21.1. The van der Waals surface area contributed by atoms with Gasteiger partial charge in [-0.1, -0.05) is 0 Å². The monoisotopic (exact) mass is 486 g/mol. The number of aryl methyl sites for hydroxylation is 2. The predicted octanol–water partition coefficient (Wildman–Crippen LogP) is 7.72. The fraction of sp³-hybridized carbons (Fsp3) is 0.286. The van der Waals surface area contributed by atoms with Crippen LogP contribution in [0.5, 0.6) is 0 Å². The summed E-state index contributed by atoms with van der Waals surface area (Å²) in [5.74, 6) is 0. The number of benzene rings is 2. The molecule has 0 atom stereocenters. The summed E-state index contributed by atoms with van der Waals surface area (Å²) in [4.78, 5) is 0. The first-order valence-electron chi connectivity index (χ1n) is 11.3. The quantitative estimate of drug-likeness (QED) is 0.366. The van der Waals surface area contributed by atoms with Gasteiger partial charge in [-0.25, -0.2) is 0 Å². The number of allylic oxidation sites excluding steroid dienone is 8. The third kappa shape index (κ3) is 4.41. The van der Waals surface area contributed by atoms with Gasteiger partial charge in [-0.2, -0.15) is 0 Å². The molecule has 0 heterocycles. The average Bonchev–Trinajstić information content (AvgIpc) is 3.44. The Kier molecular flexibility index (Phi) is 7.06. The van der Waals surface area contributed by atoms with E-state index < -0.39 is 20.4 Å². The van der Waals surface area contributed by atoms with Gasteiger partial charge in [0.05, 0.1) is 0 Å². The van der Waals surface area contributed by atoms with Crippen LogP contribution >= 0.6 is 0 Å². The van der Waals surface area contributed by atoms with Gasteiger partial charge in [-0.15, -0.1) is 0 Å². The fourth-order valence-electron chi connectivity index (χ4n) is 4.84. The van der Waals surface area contributed by atoms with E-state index >= 15 is 0 Å². The molecule has 0 bridgehead atoms. The fourth-order valence-corrected chi connectivity index (χ4v) is 21.7. The van der Waals surface area contributed by atoms with Crippen molar-refractivity contribution < 1.29 is 20.4 Å². The topological polar surface area (TPSA) is 0 Å². The Morgan fingerprint density at radius 2 is 1.13 bits per heavy atom. The van der Waals surface area contributed by atoms with Crippen LogP contribution in [-0.2, 0) is 33.2 Å². The van der Waals surface area contributed by atoms with E-state index in [0.29, 0.717) is 0 Å². The van der Waals surface area contributed by atoms with Gasteiger partial charge in [0.1, 0.15) is 0 Å². The Labute approximate surface area is 190 Å². The molecule has 152 valence electrons. The molecule has 2 aromatic carbocycles. The van der Waals surface area contributed by atoms with E-state index in [1.54, 1.807) is 0 Å². The molecule has 0 nitrogen and oxygen atoms in total. The first-order chi connectivity index (χ1) is 14.6. The van der Waals surface area contributed by atoms with E-state index in [4.69, 9.17) is 0 Å². The SMILES string of the molecule is CCc1ccccc1C1=CC[C]([Zr]([C]2=CC(c3ccccc3CC)=CC2)=[Si](C)C)=C1. The summed E-state index contributed by atoms with van der Waals surface area (Å²) < 4.78 is 3.64. The van der Waals surface area contributed by atoms with Crippen LogP contribution in [0.4, 0.5) is 0 Å². The second kappa shape index (κ2) is 9.75. The van der Waals surface area contributed by atoms with Crippen molar-refractivity contribution in [2.45, 2.75) is 52.6 Å². The van der Waals surface area contributed by atoms with E-state index in [1.165, 1.54) is 46.2 Å². The third-order valence-corrected chi connectivity index (χ3v) is 23.3. The van der Waals surface area contributed by atoms with E-state index in [2.05, 4.69) is 99.8 Å². The van der Waals surface area contributed by atoms with Gasteiger partial charge in [-0.3, -0.25) is 0 Å². The zero-order valence-corrected chi connectivity index (χ0v) is 22.2. The maximum absolute atomic E-state index is 2.60. The van der Waals surface area contributed by atoms with Crippen molar-refractivity contribution in [2.24, 2.45) is 0 Å². The first-order valence-corrected chi connectivity index (χ1v) is 19.9. The molecule has 0 radical (unpaired) electrons. The average molecular weight is 488 g/mol. The van der Waals surface area contributed by atoms with Crippen LogP contribution in [0.25, 0.3) is 11.1 Å². The van der Waals surface area contributed by atoms with E-state index in [0.717, 1.165) is 12.8 Å². The standard InChI is InChI=1S/2C13H13.C2H6Si.Zr/c2*1-2-11-7-5-6-10-13(11)12-8-3-4-9-12;1-3-2;/h2*5-10H,2-3H2,1H3;1-2H3;. The number of rotatable bonds is 6. The van der Waals surface area contributed by atoms with Gasteiger partial charge < -0.3 is 0 Å². The molecule has 2 aliphatic carbocycles. The molecule has 2 heteroatoms. The second-order valence-corrected chi connectivity index (χ2v) is 25.8. The molecule has 0 saturated heterocycles. The molecule has 30 heavy (non-hydrogen) atoms. The molecule has 0 N–H and O–H groups in total. The Hall–Kier alpha value is -1.50. The van der Waals surface area contributed by atoms with Crippen molar-refractivity contribution in [1.29, 1.82) is 0 Å². The molecule has 0 aliphatic heterocycles. The summed E-state index contributed by atoms with van der Waals surface area (Å²) in [5, 5.41) is 0. The molecular formula is C28H32SiZr. The van der Waals surface area contributed by atoms with Crippen LogP contribution in [-0.4, -0.2) is 5.43 Å². The zero-order valence-electron chi connectivity index (χ0n) is 18.8. The van der Waals surface area contributed by atoms with Gasteiger partial charge in [0, 0.05) is 0 Å². The Balaban J connectivity index is 1.65. The minimum absolute atomic E-state index is 0.285. The van der Waals surface area contributed by atoms with Crippen molar-refractivity contribution in [1.82, 2.24) is 0 Å². The third-order valence-electron chi connectivity index (χ3n) is 6.30. The van der Waals surface area contributed by atoms with Gasteiger partial charge >= 0.3 is 191 Å². The van der Waals surface area contributed by atoms with Gasteiger partial charge in [0.15, 0.2) is 0 Å². The van der Waals surface area contributed by atoms with Crippen LogP contribution in [0.15, 0.2) is 79.4 Å². The van der Waals surface area contributed by atoms with E-state index in [9.17, 15) is 0 Å². The summed E-state index contributed by atoms with van der Waals surface area (Å²) in [7, 11) is 0. The molecule has 0 fully saturated rings. The number of hydrogen-bond donors (Lipinski definition) is 0. The predicted molar refractivity (Wildman–Crippen MR) is 130 cm³/mol. The Morgan fingerprint density at radius 3 is 1.53 bits per heavy atom. The molecule has 0 saturated carbocycles. The molecule has 0 aromatic heterocycles. The molecule has 2 aliphatic rings. The van der Waals surface area contributed by atoms with E-state index in [1.807, 2.05) is 6.56 Å². The van der Waals surface area contributed by atoms with Crippen molar-refractivity contribution in [3.05, 3.63) is 102 Å². The van der Waals surface area contributed by atoms with Crippen molar-refractivity contribution in [3.8, 4) is 0 Å². The van der Waals surface area contributed by atoms with Crippen LogP contribution in [0.2, 0.25) is 13.1 Å². The minimum atomic E-state index is -1.77. The van der Waals surface area contributed by atoms with Crippen LogP contribution in [0, 0.1) is 0 Å². The first kappa shape index (κ1) is 21.7. The molecule has 0 spiro atoms. The van der Waals surface area contributed by atoms with Crippen molar-refractivity contribution >= 4 is 16.6 Å². The molecule has 0 unspecified atom stereocenters. The van der Waals surface area contributed by atoms with Gasteiger partial charge in [0.25, 0.3) is 0 Å². The van der Waals surface area contributed by atoms with Crippen LogP contribution in [0.1, 0.15) is 48.9 Å². The second-order valence-electron chi connectivity index (χ2n) is 8.46. The maximum atomic E-state index is 2.60. The summed E-state index contributed by atoms with van der Waals surface area (Å²) in [6.45, 7) is 9.67. The summed E-state index contributed by atoms with van der Waals surface area (Å²) in [6, 6.07) is 17.9. The Morgan fingerprint density at radius 1 is 0.700 bits per heavy atom. The molecule has 4 rings (SSSR count). The van der Waals surface area contributed by atoms with Crippen LogP contribution < -0.4 is 0 Å². The van der Waals surface area contributed by atoms with Gasteiger partial charge in [-0.05, 0) is 0 Å². The summed E-state index contributed by atoms with van der Waals surface area (Å²) in [6.07, 6.45) is 14.8. The number of hydrogen-bond acceptors (Lipinski definition) is 0. The molecule has 0 amide bonds. The normalized spacial score (nSPS) is 15.5. The van der Waals surface area contributed by atoms with E-state index in [-0.39, 0.29) is 5.43 Å². The van der Waals surface area contributed by atoms with Crippen LogP contribution in [0.3, 0.4) is 0 Å².